The summed E-state index contributed by atoms with van der Waals surface area (Å²) in [5.41, 5.74) is 6.64. The molecule has 148 valence electrons. The summed E-state index contributed by atoms with van der Waals surface area (Å²) in [7, 11) is 1.62. The number of ether oxygens (including phenoxy) is 1. The van der Waals surface area contributed by atoms with Crippen molar-refractivity contribution in [3.8, 4) is 5.75 Å². The second-order valence-electron chi connectivity index (χ2n) is 6.74. The summed E-state index contributed by atoms with van der Waals surface area (Å²) in [5, 5.41) is 7.18. The standard InChI is InChI=1S/C23H18N4O2S/c1-29-16-12-10-15(11-13-16)27-21(28)14-30-23(27)26-25-22-17-6-2-4-8-19(17)24-20-9-5-3-7-18(20)22/h2-13H,14H2,1H3,(H,24,25)/b26-23+. The maximum Gasteiger partial charge on any atom is 0.243 e. The number of fused-ring (bicyclic) bond motifs is 2. The van der Waals surface area contributed by atoms with Crippen LogP contribution in [0.5, 0.6) is 5.75 Å². The minimum atomic E-state index is -0.00448. The monoisotopic (exact) mass is 414 g/mol. The molecule has 0 radical (unpaired) electrons. The van der Waals surface area contributed by atoms with Crippen LogP contribution >= 0.6 is 11.8 Å². The third-order valence-corrected chi connectivity index (χ3v) is 5.87. The predicted molar refractivity (Wildman–Crippen MR) is 123 cm³/mol. The van der Waals surface area contributed by atoms with Crippen LogP contribution in [0.4, 0.5) is 11.4 Å². The largest absolute Gasteiger partial charge is 0.497 e. The highest BCUT2D eigenvalue weighted by molar-refractivity contribution is 8.15. The molecule has 0 saturated carbocycles. The van der Waals surface area contributed by atoms with E-state index in [1.165, 1.54) is 11.8 Å². The average molecular weight is 414 g/mol. The van der Waals surface area contributed by atoms with Gasteiger partial charge < -0.3 is 4.74 Å². The van der Waals surface area contributed by atoms with Gasteiger partial charge in [0.25, 0.3) is 0 Å². The number of benzene rings is 3. The minimum absolute atomic E-state index is 0.00448. The smallest absolute Gasteiger partial charge is 0.243 e. The van der Waals surface area contributed by atoms with Gasteiger partial charge in [0.05, 0.1) is 35.3 Å². The van der Waals surface area contributed by atoms with Crippen molar-refractivity contribution in [3.63, 3.8) is 0 Å². The Morgan fingerprint density at radius 3 is 2.23 bits per heavy atom. The zero-order chi connectivity index (χ0) is 20.5. The molecule has 5 rings (SSSR count). The van der Waals surface area contributed by atoms with Crippen LogP contribution < -0.4 is 15.1 Å². The first-order valence-electron chi connectivity index (χ1n) is 9.45. The van der Waals surface area contributed by atoms with E-state index in [0.29, 0.717) is 10.9 Å². The molecule has 1 N–H and O–H groups in total. The molecule has 4 aromatic rings. The quantitative estimate of drug-likeness (QED) is 0.382. The van der Waals surface area contributed by atoms with Gasteiger partial charge >= 0.3 is 0 Å². The number of thioether (sulfide) groups is 1. The van der Waals surface area contributed by atoms with Crippen LogP contribution in [0.25, 0.3) is 21.8 Å². The van der Waals surface area contributed by atoms with Crippen molar-refractivity contribution in [1.29, 1.82) is 0 Å². The molecular weight excluding hydrogens is 396 g/mol. The number of para-hydroxylation sites is 2. The maximum atomic E-state index is 12.5. The van der Waals surface area contributed by atoms with Gasteiger partial charge in [-0.25, -0.2) is 4.98 Å². The highest BCUT2D eigenvalue weighted by atomic mass is 32.2. The van der Waals surface area contributed by atoms with Gasteiger partial charge in [0.1, 0.15) is 5.75 Å². The Morgan fingerprint density at radius 1 is 0.967 bits per heavy atom. The molecule has 1 saturated heterocycles. The number of aromatic nitrogens is 1. The predicted octanol–water partition coefficient (Wildman–Crippen LogP) is 4.86. The fraction of sp³-hybridized carbons (Fsp3) is 0.0870. The summed E-state index contributed by atoms with van der Waals surface area (Å²) >= 11 is 1.41. The molecule has 1 aromatic heterocycles. The van der Waals surface area contributed by atoms with Crippen LogP contribution in [0.2, 0.25) is 0 Å². The Bertz CT molecular complexity index is 1230. The van der Waals surface area contributed by atoms with Gasteiger partial charge in [-0.05, 0) is 36.4 Å². The number of nitrogens with zero attached hydrogens (tertiary/aromatic N) is 3. The number of rotatable bonds is 4. The molecule has 1 aliphatic rings. The third-order valence-electron chi connectivity index (χ3n) is 4.95. The molecule has 0 aliphatic carbocycles. The Morgan fingerprint density at radius 2 is 1.60 bits per heavy atom. The topological polar surface area (TPSA) is 66.8 Å². The van der Waals surface area contributed by atoms with Crippen molar-refractivity contribution >= 4 is 56.0 Å². The molecule has 0 bridgehead atoms. The normalized spacial score (nSPS) is 15.3. The van der Waals surface area contributed by atoms with Crippen LogP contribution in [-0.2, 0) is 4.79 Å². The molecule has 6 nitrogen and oxygen atoms in total. The summed E-state index contributed by atoms with van der Waals surface area (Å²) < 4.78 is 5.22. The molecule has 1 amide bonds. The molecule has 1 aliphatic heterocycles. The van der Waals surface area contributed by atoms with E-state index >= 15 is 0 Å². The van der Waals surface area contributed by atoms with Crippen molar-refractivity contribution < 1.29 is 9.53 Å². The summed E-state index contributed by atoms with van der Waals surface area (Å²) in [6.45, 7) is 0. The van der Waals surface area contributed by atoms with E-state index < -0.39 is 0 Å². The number of hydrogen-bond acceptors (Lipinski definition) is 6. The molecule has 3 aromatic carbocycles. The van der Waals surface area contributed by atoms with Gasteiger partial charge in [-0.3, -0.25) is 15.1 Å². The SMILES string of the molecule is COc1ccc(N2C(=O)CS/C2=N/Nc2c3ccccc3nc3ccccc23)cc1. The Labute approximate surface area is 177 Å². The summed E-state index contributed by atoms with van der Waals surface area (Å²) in [5.74, 6) is 1.09. The lowest BCUT2D eigenvalue weighted by molar-refractivity contribution is -0.115. The number of amides is 1. The number of hydrazone groups is 1. The lowest BCUT2D eigenvalue weighted by Gasteiger charge is -2.17. The molecule has 1 fully saturated rings. The van der Waals surface area contributed by atoms with Gasteiger partial charge in [-0.1, -0.05) is 48.2 Å². The van der Waals surface area contributed by atoms with E-state index in [1.54, 1.807) is 12.0 Å². The van der Waals surface area contributed by atoms with Crippen LogP contribution in [0.15, 0.2) is 77.9 Å². The fourth-order valence-electron chi connectivity index (χ4n) is 3.49. The number of methoxy groups -OCH3 is 1. The molecule has 30 heavy (non-hydrogen) atoms. The van der Waals surface area contributed by atoms with Gasteiger partial charge in [0.2, 0.25) is 5.91 Å². The lowest BCUT2D eigenvalue weighted by atomic mass is 10.1. The van der Waals surface area contributed by atoms with E-state index in [1.807, 2.05) is 72.8 Å². The number of amidine groups is 1. The second kappa shape index (κ2) is 7.68. The number of nitrogens with one attached hydrogen (secondary N) is 1. The lowest BCUT2D eigenvalue weighted by Crippen LogP contribution is -2.29. The van der Waals surface area contributed by atoms with Crippen LogP contribution in [0.1, 0.15) is 0 Å². The third kappa shape index (κ3) is 3.23. The highest BCUT2D eigenvalue weighted by Crippen LogP contribution is 2.32. The number of hydrogen-bond donors (Lipinski definition) is 1. The Hall–Kier alpha value is -3.58. The maximum absolute atomic E-state index is 12.5. The molecular formula is C23H18N4O2S. The number of anilines is 2. The van der Waals surface area contributed by atoms with E-state index in [4.69, 9.17) is 9.72 Å². The van der Waals surface area contributed by atoms with Crippen LogP contribution in [0, 0.1) is 0 Å². The molecule has 2 heterocycles. The summed E-state index contributed by atoms with van der Waals surface area (Å²) in [6.07, 6.45) is 0. The van der Waals surface area contributed by atoms with Gasteiger partial charge in [-0.2, -0.15) is 0 Å². The molecule has 0 spiro atoms. The van der Waals surface area contributed by atoms with Gasteiger partial charge in [-0.15, -0.1) is 5.10 Å². The van der Waals surface area contributed by atoms with E-state index in [9.17, 15) is 4.79 Å². The zero-order valence-corrected chi connectivity index (χ0v) is 17.0. The van der Waals surface area contributed by atoms with Crippen molar-refractivity contribution in [1.82, 2.24) is 4.98 Å². The van der Waals surface area contributed by atoms with Crippen molar-refractivity contribution in [2.45, 2.75) is 0 Å². The van der Waals surface area contributed by atoms with E-state index in [-0.39, 0.29) is 5.91 Å². The Kier molecular flexibility index (Phi) is 4.72. The molecule has 0 atom stereocenters. The first kappa shape index (κ1) is 18.4. The highest BCUT2D eigenvalue weighted by Gasteiger charge is 2.30. The number of pyridine rings is 1. The first-order chi connectivity index (χ1) is 14.7. The van der Waals surface area contributed by atoms with E-state index in [0.717, 1.165) is 38.9 Å². The Balaban J connectivity index is 1.56. The number of carbonyl (C=O) groups is 1. The number of carbonyl (C=O) groups excluding carboxylic acids is 1. The fourth-order valence-corrected chi connectivity index (χ4v) is 4.32. The van der Waals surface area contributed by atoms with Crippen LogP contribution in [-0.4, -0.2) is 28.9 Å². The molecule has 0 unspecified atom stereocenters. The second-order valence-corrected chi connectivity index (χ2v) is 7.69. The van der Waals surface area contributed by atoms with Gasteiger partial charge in [0.15, 0.2) is 5.17 Å². The minimum Gasteiger partial charge on any atom is -0.497 e. The summed E-state index contributed by atoms with van der Waals surface area (Å²) in [6, 6.07) is 23.3. The van der Waals surface area contributed by atoms with Crippen molar-refractivity contribution in [3.05, 3.63) is 72.8 Å². The molecule has 7 heteroatoms. The van der Waals surface area contributed by atoms with Crippen molar-refractivity contribution in [2.75, 3.05) is 23.2 Å². The van der Waals surface area contributed by atoms with Crippen molar-refractivity contribution in [2.24, 2.45) is 5.10 Å². The van der Waals surface area contributed by atoms with E-state index in [2.05, 4.69) is 10.5 Å². The zero-order valence-electron chi connectivity index (χ0n) is 16.2. The average Bonchev–Trinajstić information content (AvgIpc) is 3.17. The van der Waals surface area contributed by atoms with Crippen LogP contribution in [0.3, 0.4) is 0 Å². The first-order valence-corrected chi connectivity index (χ1v) is 10.4. The van der Waals surface area contributed by atoms with Gasteiger partial charge in [0, 0.05) is 10.8 Å². The summed E-state index contributed by atoms with van der Waals surface area (Å²) in [4.78, 5) is 18.9.